The van der Waals surface area contributed by atoms with E-state index in [1.54, 1.807) is 0 Å². The number of benzene rings is 1. The molecule has 0 aromatic heterocycles. The number of rotatable bonds is 0. The fourth-order valence-corrected chi connectivity index (χ4v) is 2.95. The summed E-state index contributed by atoms with van der Waals surface area (Å²) in [4.78, 5) is 2.41. The van der Waals surface area contributed by atoms with Crippen LogP contribution in [0.3, 0.4) is 0 Å². The Balaban J connectivity index is 1.97. The predicted molar refractivity (Wildman–Crippen MR) is 63.7 cm³/mol. The van der Waals surface area contributed by atoms with Crippen LogP contribution in [0.25, 0.3) is 0 Å². The largest absolute Gasteiger partial charge is 0.381 e. The number of piperidine rings is 1. The maximum Gasteiger partial charge on any atom is 0.0426 e. The Kier molecular flexibility index (Phi) is 2.15. The molecule has 15 heavy (non-hydrogen) atoms. The van der Waals surface area contributed by atoms with Crippen LogP contribution in [0.1, 0.15) is 17.9 Å². The van der Waals surface area contributed by atoms with Crippen LogP contribution in [0.15, 0.2) is 18.2 Å². The van der Waals surface area contributed by atoms with Crippen molar-refractivity contribution >= 4 is 17.3 Å². The van der Waals surface area contributed by atoms with E-state index in [0.29, 0.717) is 12.0 Å². The molecular weight excluding hydrogens is 208 g/mol. The maximum atomic E-state index is 6.00. The molecule has 0 radical (unpaired) electrons. The lowest BCUT2D eigenvalue weighted by atomic mass is 9.90. The molecule has 1 saturated heterocycles. The smallest absolute Gasteiger partial charge is 0.0426 e. The van der Waals surface area contributed by atoms with Crippen LogP contribution >= 0.6 is 11.6 Å². The highest BCUT2D eigenvalue weighted by molar-refractivity contribution is 6.30. The van der Waals surface area contributed by atoms with Gasteiger partial charge in [0.1, 0.15) is 0 Å². The van der Waals surface area contributed by atoms with E-state index in [2.05, 4.69) is 29.4 Å². The van der Waals surface area contributed by atoms with E-state index in [1.807, 2.05) is 6.07 Å². The third-order valence-corrected chi connectivity index (χ3v) is 3.81. The second-order valence-electron chi connectivity index (χ2n) is 4.64. The average molecular weight is 223 g/mol. The molecule has 0 saturated carbocycles. The predicted octanol–water partition coefficient (Wildman–Crippen LogP) is 2.55. The van der Waals surface area contributed by atoms with E-state index in [0.717, 1.165) is 11.6 Å². The van der Waals surface area contributed by atoms with Crippen LogP contribution < -0.4 is 5.32 Å². The van der Waals surface area contributed by atoms with Crippen molar-refractivity contribution < 1.29 is 0 Å². The minimum Gasteiger partial charge on any atom is -0.381 e. The van der Waals surface area contributed by atoms with Gasteiger partial charge < -0.3 is 10.2 Å². The summed E-state index contributed by atoms with van der Waals surface area (Å²) in [6, 6.07) is 6.85. The van der Waals surface area contributed by atoms with Gasteiger partial charge in [-0.1, -0.05) is 17.7 Å². The van der Waals surface area contributed by atoms with Crippen molar-refractivity contribution in [3.8, 4) is 0 Å². The van der Waals surface area contributed by atoms with E-state index in [9.17, 15) is 0 Å². The summed E-state index contributed by atoms with van der Waals surface area (Å²) in [6.45, 7) is 2.35. The Hall–Kier alpha value is -0.730. The molecular formula is C12H15ClN2. The molecule has 80 valence electrons. The first-order chi connectivity index (χ1) is 7.24. The monoisotopic (exact) mass is 222 g/mol. The van der Waals surface area contributed by atoms with Gasteiger partial charge in [-0.15, -0.1) is 0 Å². The first-order valence-corrected chi connectivity index (χ1v) is 5.86. The number of fused-ring (bicyclic) bond motifs is 3. The van der Waals surface area contributed by atoms with Crippen molar-refractivity contribution in [2.75, 3.05) is 25.5 Å². The molecule has 0 aliphatic carbocycles. The zero-order valence-electron chi connectivity index (χ0n) is 8.83. The summed E-state index contributed by atoms with van der Waals surface area (Å²) in [5.41, 5.74) is 2.68. The van der Waals surface area contributed by atoms with Crippen LogP contribution in [0.4, 0.5) is 5.69 Å². The Morgan fingerprint density at radius 3 is 3.20 bits per heavy atom. The fourth-order valence-electron chi connectivity index (χ4n) is 2.78. The third-order valence-electron chi connectivity index (χ3n) is 3.57. The minimum atomic E-state index is 0.620. The van der Waals surface area contributed by atoms with E-state index in [-0.39, 0.29) is 0 Å². The van der Waals surface area contributed by atoms with Crippen LogP contribution in [-0.4, -0.2) is 31.1 Å². The van der Waals surface area contributed by atoms with Gasteiger partial charge in [-0.2, -0.15) is 0 Å². The van der Waals surface area contributed by atoms with Gasteiger partial charge in [0.05, 0.1) is 0 Å². The highest BCUT2D eigenvalue weighted by Gasteiger charge is 2.35. The number of likely N-dealkylation sites (tertiary alicyclic amines) is 1. The van der Waals surface area contributed by atoms with Crippen LogP contribution in [0, 0.1) is 0 Å². The highest BCUT2D eigenvalue weighted by atomic mass is 35.5. The second kappa shape index (κ2) is 3.39. The topological polar surface area (TPSA) is 15.3 Å². The molecule has 1 aromatic carbocycles. The van der Waals surface area contributed by atoms with Gasteiger partial charge in [0.2, 0.25) is 0 Å². The minimum absolute atomic E-state index is 0.620. The SMILES string of the molecule is CN1CCC2Nc3cc(Cl)ccc3C2C1. The number of anilines is 1. The van der Waals surface area contributed by atoms with Crippen molar-refractivity contribution in [1.29, 1.82) is 0 Å². The molecule has 2 atom stereocenters. The van der Waals surface area contributed by atoms with E-state index in [1.165, 1.54) is 24.2 Å². The summed E-state index contributed by atoms with van der Waals surface area (Å²) in [5.74, 6) is 0.649. The molecule has 1 aromatic rings. The number of nitrogens with zero attached hydrogens (tertiary/aromatic N) is 1. The second-order valence-corrected chi connectivity index (χ2v) is 5.08. The highest BCUT2D eigenvalue weighted by Crippen LogP contribution is 2.40. The molecule has 3 rings (SSSR count). The van der Waals surface area contributed by atoms with Crippen molar-refractivity contribution in [3.05, 3.63) is 28.8 Å². The van der Waals surface area contributed by atoms with E-state index in [4.69, 9.17) is 11.6 Å². The summed E-state index contributed by atoms with van der Waals surface area (Å²) < 4.78 is 0. The molecule has 2 aliphatic heterocycles. The summed E-state index contributed by atoms with van der Waals surface area (Å²) in [5, 5.41) is 4.41. The van der Waals surface area contributed by atoms with Crippen molar-refractivity contribution in [2.45, 2.75) is 18.4 Å². The molecule has 2 heterocycles. The number of hydrogen-bond acceptors (Lipinski definition) is 2. The van der Waals surface area contributed by atoms with Gasteiger partial charge in [0.15, 0.2) is 0 Å². The molecule has 2 nitrogen and oxygen atoms in total. The Morgan fingerprint density at radius 1 is 1.47 bits per heavy atom. The van der Waals surface area contributed by atoms with Gasteiger partial charge in [-0.25, -0.2) is 0 Å². The number of nitrogens with one attached hydrogen (secondary N) is 1. The zero-order valence-corrected chi connectivity index (χ0v) is 9.59. The van der Waals surface area contributed by atoms with Gasteiger partial charge in [0.25, 0.3) is 0 Å². The van der Waals surface area contributed by atoms with Gasteiger partial charge in [0, 0.05) is 29.2 Å². The molecule has 3 heteroatoms. The quantitative estimate of drug-likeness (QED) is 0.726. The lowest BCUT2D eigenvalue weighted by Gasteiger charge is -2.32. The van der Waals surface area contributed by atoms with Crippen LogP contribution in [0.5, 0.6) is 0 Å². The van der Waals surface area contributed by atoms with Gasteiger partial charge in [-0.05, 0) is 37.7 Å². The standard InChI is InChI=1S/C12H15ClN2/c1-15-5-4-11-10(7-15)9-3-2-8(13)6-12(9)14-11/h2-3,6,10-11,14H,4-5,7H2,1H3. The molecule has 0 amide bonds. The van der Waals surface area contributed by atoms with Crippen molar-refractivity contribution in [2.24, 2.45) is 0 Å². The van der Waals surface area contributed by atoms with Gasteiger partial charge >= 0.3 is 0 Å². The Labute approximate surface area is 95.2 Å². The van der Waals surface area contributed by atoms with E-state index >= 15 is 0 Å². The van der Waals surface area contributed by atoms with E-state index < -0.39 is 0 Å². The van der Waals surface area contributed by atoms with Crippen molar-refractivity contribution in [3.63, 3.8) is 0 Å². The molecule has 1 fully saturated rings. The number of hydrogen-bond donors (Lipinski definition) is 1. The first kappa shape index (κ1) is 9.49. The Morgan fingerprint density at radius 2 is 2.33 bits per heavy atom. The van der Waals surface area contributed by atoms with Gasteiger partial charge in [-0.3, -0.25) is 0 Å². The lowest BCUT2D eigenvalue weighted by molar-refractivity contribution is 0.243. The first-order valence-electron chi connectivity index (χ1n) is 5.48. The molecule has 2 aliphatic rings. The molecule has 1 N–H and O–H groups in total. The zero-order chi connectivity index (χ0) is 10.4. The van der Waals surface area contributed by atoms with Crippen LogP contribution in [-0.2, 0) is 0 Å². The summed E-state index contributed by atoms with van der Waals surface area (Å²) in [6.07, 6.45) is 1.23. The fraction of sp³-hybridized carbons (Fsp3) is 0.500. The third kappa shape index (κ3) is 1.52. The number of likely N-dealkylation sites (N-methyl/N-ethyl adjacent to an activating group) is 1. The maximum absolute atomic E-state index is 6.00. The Bertz CT molecular complexity index is 391. The van der Waals surface area contributed by atoms with Crippen molar-refractivity contribution in [1.82, 2.24) is 4.90 Å². The molecule has 0 spiro atoms. The summed E-state index contributed by atoms with van der Waals surface area (Å²) >= 11 is 6.00. The molecule has 0 bridgehead atoms. The lowest BCUT2D eigenvalue weighted by Crippen LogP contribution is -2.39. The number of halogens is 1. The molecule has 2 unspecified atom stereocenters. The van der Waals surface area contributed by atoms with Crippen LogP contribution in [0.2, 0.25) is 5.02 Å². The normalized spacial score (nSPS) is 29.5. The average Bonchev–Trinajstić information content (AvgIpc) is 2.54. The summed E-state index contributed by atoms with van der Waals surface area (Å²) in [7, 11) is 2.20.